The van der Waals surface area contributed by atoms with E-state index in [0.717, 1.165) is 30.9 Å². The molecule has 0 radical (unpaired) electrons. The molecule has 2 atom stereocenters. The Morgan fingerprint density at radius 3 is 2.70 bits per heavy atom. The number of ether oxygens (including phenoxy) is 2. The van der Waals surface area contributed by atoms with Gasteiger partial charge in [0, 0.05) is 25.7 Å². The van der Waals surface area contributed by atoms with Gasteiger partial charge in [0.2, 0.25) is 0 Å². The fourth-order valence-electron chi connectivity index (χ4n) is 3.19. The minimum atomic E-state index is -0.521. The van der Waals surface area contributed by atoms with Crippen molar-refractivity contribution >= 4 is 0 Å². The van der Waals surface area contributed by atoms with E-state index in [4.69, 9.17) is 9.47 Å². The molecule has 1 aromatic rings. The number of aromatic nitrogens is 3. The summed E-state index contributed by atoms with van der Waals surface area (Å²) in [6, 6.07) is -0.107. The average Bonchev–Trinajstić information content (AvgIpc) is 3.09. The Labute approximate surface area is 119 Å². The lowest BCUT2D eigenvalue weighted by molar-refractivity contribution is -0.200. The van der Waals surface area contributed by atoms with Gasteiger partial charge in [0.05, 0.1) is 25.4 Å². The standard InChI is InChI=1S/C14H23N3O3/c1-3-12-15-13(4-2)17(16-12)10-9-14(6-5-11(10)18)19-7-8-20-14/h10-11,18H,3-9H2,1-2H3. The summed E-state index contributed by atoms with van der Waals surface area (Å²) in [5.74, 6) is 1.25. The van der Waals surface area contributed by atoms with Gasteiger partial charge in [-0.15, -0.1) is 0 Å². The smallest absolute Gasteiger partial charge is 0.170 e. The molecule has 1 spiro atoms. The van der Waals surface area contributed by atoms with Gasteiger partial charge < -0.3 is 14.6 Å². The summed E-state index contributed by atoms with van der Waals surface area (Å²) in [5, 5.41) is 14.9. The zero-order valence-corrected chi connectivity index (χ0v) is 12.2. The highest BCUT2D eigenvalue weighted by Gasteiger charge is 2.46. The second-order valence-corrected chi connectivity index (χ2v) is 5.58. The van der Waals surface area contributed by atoms with E-state index >= 15 is 0 Å². The van der Waals surface area contributed by atoms with E-state index in [1.807, 2.05) is 11.6 Å². The van der Waals surface area contributed by atoms with Crippen molar-refractivity contribution in [3.63, 3.8) is 0 Å². The summed E-state index contributed by atoms with van der Waals surface area (Å²) in [5.41, 5.74) is 0. The molecule has 2 fully saturated rings. The summed E-state index contributed by atoms with van der Waals surface area (Å²) >= 11 is 0. The minimum Gasteiger partial charge on any atom is -0.391 e. The minimum absolute atomic E-state index is 0.107. The molecule has 2 aliphatic rings. The van der Waals surface area contributed by atoms with Crippen LogP contribution in [0, 0.1) is 0 Å². The highest BCUT2D eigenvalue weighted by Crippen LogP contribution is 2.41. The molecule has 112 valence electrons. The Kier molecular flexibility index (Phi) is 3.79. The summed E-state index contributed by atoms with van der Waals surface area (Å²) < 4.78 is 13.5. The molecule has 1 saturated heterocycles. The highest BCUT2D eigenvalue weighted by atomic mass is 16.7. The molecule has 0 aromatic carbocycles. The third-order valence-corrected chi connectivity index (χ3v) is 4.29. The van der Waals surface area contributed by atoms with Crippen LogP contribution in [0.4, 0.5) is 0 Å². The van der Waals surface area contributed by atoms with Crippen LogP contribution in [0.3, 0.4) is 0 Å². The first kappa shape index (κ1) is 14.0. The van der Waals surface area contributed by atoms with Crippen LogP contribution in [0.2, 0.25) is 0 Å². The maximum Gasteiger partial charge on any atom is 0.170 e. The Morgan fingerprint density at radius 2 is 2.05 bits per heavy atom. The highest BCUT2D eigenvalue weighted by molar-refractivity contribution is 4.99. The van der Waals surface area contributed by atoms with Crippen molar-refractivity contribution < 1.29 is 14.6 Å². The zero-order chi connectivity index (χ0) is 14.2. The lowest BCUT2D eigenvalue weighted by atomic mass is 9.87. The van der Waals surface area contributed by atoms with Gasteiger partial charge in [0.1, 0.15) is 5.82 Å². The number of hydrogen-bond donors (Lipinski definition) is 1. The predicted molar refractivity (Wildman–Crippen MR) is 72.3 cm³/mol. The van der Waals surface area contributed by atoms with Crippen molar-refractivity contribution in [2.75, 3.05) is 13.2 Å². The van der Waals surface area contributed by atoms with E-state index in [1.165, 1.54) is 0 Å². The van der Waals surface area contributed by atoms with Gasteiger partial charge in [-0.25, -0.2) is 9.67 Å². The summed E-state index contributed by atoms with van der Waals surface area (Å²) in [6.07, 6.45) is 3.28. The molecule has 2 unspecified atom stereocenters. The van der Waals surface area contributed by atoms with Gasteiger partial charge in [0.15, 0.2) is 11.6 Å². The van der Waals surface area contributed by atoms with Crippen LogP contribution < -0.4 is 0 Å². The number of aliphatic hydroxyl groups is 1. The molecular formula is C14H23N3O3. The largest absolute Gasteiger partial charge is 0.391 e. The Bertz CT molecular complexity index is 468. The van der Waals surface area contributed by atoms with E-state index in [1.54, 1.807) is 0 Å². The van der Waals surface area contributed by atoms with Gasteiger partial charge >= 0.3 is 0 Å². The van der Waals surface area contributed by atoms with Crippen LogP contribution in [-0.4, -0.2) is 45.0 Å². The predicted octanol–water partition coefficient (Wildman–Crippen LogP) is 1.23. The van der Waals surface area contributed by atoms with E-state index in [-0.39, 0.29) is 6.04 Å². The molecule has 2 heterocycles. The van der Waals surface area contributed by atoms with Crippen molar-refractivity contribution in [1.82, 2.24) is 14.8 Å². The number of nitrogens with zero attached hydrogens (tertiary/aromatic N) is 3. The third kappa shape index (κ3) is 2.36. The van der Waals surface area contributed by atoms with E-state index < -0.39 is 11.9 Å². The lowest BCUT2D eigenvalue weighted by Gasteiger charge is -2.39. The maximum atomic E-state index is 10.4. The number of rotatable bonds is 3. The van der Waals surface area contributed by atoms with Crippen molar-refractivity contribution in [2.24, 2.45) is 0 Å². The first-order valence-corrected chi connectivity index (χ1v) is 7.57. The summed E-state index contributed by atoms with van der Waals surface area (Å²) in [6.45, 7) is 5.39. The van der Waals surface area contributed by atoms with E-state index in [2.05, 4.69) is 17.0 Å². The molecule has 0 bridgehead atoms. The molecule has 6 heteroatoms. The fraction of sp³-hybridized carbons (Fsp3) is 0.857. The van der Waals surface area contributed by atoms with Crippen LogP contribution in [-0.2, 0) is 22.3 Å². The Morgan fingerprint density at radius 1 is 1.30 bits per heavy atom. The van der Waals surface area contributed by atoms with Crippen LogP contribution >= 0.6 is 0 Å². The molecule has 1 aliphatic carbocycles. The van der Waals surface area contributed by atoms with Crippen LogP contribution in [0.15, 0.2) is 0 Å². The molecule has 1 saturated carbocycles. The van der Waals surface area contributed by atoms with E-state index in [0.29, 0.717) is 26.1 Å². The molecule has 0 amide bonds. The lowest BCUT2D eigenvalue weighted by Crippen LogP contribution is -2.44. The second-order valence-electron chi connectivity index (χ2n) is 5.58. The zero-order valence-electron chi connectivity index (χ0n) is 12.2. The van der Waals surface area contributed by atoms with Gasteiger partial charge in [-0.05, 0) is 6.42 Å². The molecule has 6 nitrogen and oxygen atoms in total. The van der Waals surface area contributed by atoms with Crippen molar-refractivity contribution in [1.29, 1.82) is 0 Å². The topological polar surface area (TPSA) is 69.4 Å². The van der Waals surface area contributed by atoms with Gasteiger partial charge in [0.25, 0.3) is 0 Å². The van der Waals surface area contributed by atoms with Crippen LogP contribution in [0.1, 0.15) is 50.8 Å². The van der Waals surface area contributed by atoms with Gasteiger partial charge in [-0.2, -0.15) is 5.10 Å². The molecule has 1 aromatic heterocycles. The van der Waals surface area contributed by atoms with E-state index in [9.17, 15) is 5.11 Å². The second kappa shape index (κ2) is 5.42. The number of aryl methyl sites for hydroxylation is 2. The summed E-state index contributed by atoms with van der Waals surface area (Å²) in [7, 11) is 0. The number of hydrogen-bond acceptors (Lipinski definition) is 5. The Balaban J connectivity index is 1.88. The third-order valence-electron chi connectivity index (χ3n) is 4.29. The van der Waals surface area contributed by atoms with Crippen LogP contribution in [0.5, 0.6) is 0 Å². The van der Waals surface area contributed by atoms with Gasteiger partial charge in [-0.3, -0.25) is 0 Å². The first-order chi connectivity index (χ1) is 9.67. The maximum absolute atomic E-state index is 10.4. The average molecular weight is 281 g/mol. The molecular weight excluding hydrogens is 258 g/mol. The van der Waals surface area contributed by atoms with Gasteiger partial charge in [-0.1, -0.05) is 13.8 Å². The molecule has 3 rings (SSSR count). The van der Waals surface area contributed by atoms with Crippen molar-refractivity contribution in [3.8, 4) is 0 Å². The Hall–Kier alpha value is -0.980. The monoisotopic (exact) mass is 281 g/mol. The fourth-order valence-corrected chi connectivity index (χ4v) is 3.19. The van der Waals surface area contributed by atoms with Crippen molar-refractivity contribution in [3.05, 3.63) is 11.6 Å². The molecule has 1 aliphatic heterocycles. The van der Waals surface area contributed by atoms with Crippen LogP contribution in [0.25, 0.3) is 0 Å². The number of aliphatic hydroxyl groups excluding tert-OH is 1. The molecule has 1 N–H and O–H groups in total. The quantitative estimate of drug-likeness (QED) is 0.902. The SMILES string of the molecule is CCc1nc(CC)n(C2CC3(CCC2O)OCCO3)n1. The summed E-state index contributed by atoms with van der Waals surface area (Å²) in [4.78, 5) is 4.53. The first-order valence-electron chi connectivity index (χ1n) is 7.57. The normalized spacial score (nSPS) is 29.1. The van der Waals surface area contributed by atoms with Crippen molar-refractivity contribution in [2.45, 2.75) is 63.9 Å². The molecule has 20 heavy (non-hydrogen) atoms.